The predicted octanol–water partition coefficient (Wildman–Crippen LogP) is 1.80. The number of amides is 1. The van der Waals surface area contributed by atoms with Crippen LogP contribution in [0.1, 0.15) is 16.1 Å². The molecule has 0 aromatic carbocycles. The number of alkyl halides is 3. The zero-order valence-electron chi connectivity index (χ0n) is 6.60. The summed E-state index contributed by atoms with van der Waals surface area (Å²) in [5.41, 5.74) is 3.86. The molecule has 1 aromatic rings. The van der Waals surface area contributed by atoms with Gasteiger partial charge in [-0.05, 0) is 34.7 Å². The van der Waals surface area contributed by atoms with Gasteiger partial charge >= 0.3 is 6.18 Å². The number of nitrogens with zero attached hydrogens (tertiary/aromatic N) is 1. The summed E-state index contributed by atoms with van der Waals surface area (Å²) in [6.45, 7) is 0. The summed E-state index contributed by atoms with van der Waals surface area (Å²) in [4.78, 5) is 13.9. The van der Waals surface area contributed by atoms with Crippen LogP contribution < -0.4 is 5.73 Å². The van der Waals surface area contributed by atoms with Crippen LogP contribution in [0.5, 0.6) is 0 Å². The maximum Gasteiger partial charge on any atom is 0.433 e. The summed E-state index contributed by atoms with van der Waals surface area (Å²) in [7, 11) is 0. The predicted molar refractivity (Wildman–Crippen MR) is 50.5 cm³/mol. The van der Waals surface area contributed by atoms with Crippen LogP contribution in [0.3, 0.4) is 0 Å². The molecule has 0 saturated heterocycles. The molecule has 0 aliphatic rings. The summed E-state index contributed by atoms with van der Waals surface area (Å²) in [6, 6.07) is 1.74. The number of aromatic nitrogens is 1. The molecule has 0 bridgehead atoms. The van der Waals surface area contributed by atoms with Crippen molar-refractivity contribution >= 4 is 28.5 Å². The highest BCUT2D eigenvalue weighted by molar-refractivity contribution is 14.1. The van der Waals surface area contributed by atoms with E-state index in [4.69, 9.17) is 5.73 Å². The molecule has 1 heterocycles. The first-order chi connectivity index (χ1) is 6.32. The lowest BCUT2D eigenvalue weighted by Crippen LogP contribution is -2.16. The Labute approximate surface area is 90.6 Å². The minimum Gasteiger partial charge on any atom is -0.366 e. The van der Waals surface area contributed by atoms with Gasteiger partial charge in [-0.25, -0.2) is 4.98 Å². The van der Waals surface area contributed by atoms with E-state index in [1.54, 1.807) is 0 Å². The van der Waals surface area contributed by atoms with Gasteiger partial charge in [0.05, 0.1) is 5.56 Å². The quantitative estimate of drug-likeness (QED) is 0.634. The van der Waals surface area contributed by atoms with E-state index in [0.717, 1.165) is 12.1 Å². The van der Waals surface area contributed by atoms with Crippen molar-refractivity contribution in [3.8, 4) is 0 Å². The van der Waals surface area contributed by atoms with E-state index < -0.39 is 17.8 Å². The van der Waals surface area contributed by atoms with Gasteiger partial charge < -0.3 is 5.73 Å². The number of carbonyl (C=O) groups is 1. The molecule has 0 spiro atoms. The van der Waals surface area contributed by atoms with Gasteiger partial charge in [0.1, 0.15) is 9.39 Å². The number of rotatable bonds is 1. The van der Waals surface area contributed by atoms with Crippen LogP contribution in [0.2, 0.25) is 0 Å². The maximum atomic E-state index is 12.1. The average molecular weight is 316 g/mol. The molecule has 0 saturated carbocycles. The third-order valence-electron chi connectivity index (χ3n) is 1.40. The molecule has 1 amide bonds. The normalized spacial score (nSPS) is 11.4. The molecule has 0 unspecified atom stereocenters. The summed E-state index contributed by atoms with van der Waals surface area (Å²) < 4.78 is 36.3. The number of carbonyl (C=O) groups excluding carboxylic acids is 1. The highest BCUT2D eigenvalue weighted by Gasteiger charge is 2.33. The van der Waals surface area contributed by atoms with E-state index in [1.165, 1.54) is 22.6 Å². The highest BCUT2D eigenvalue weighted by atomic mass is 127. The minimum atomic E-state index is -4.50. The zero-order valence-corrected chi connectivity index (χ0v) is 8.76. The number of primary amides is 1. The Hall–Kier alpha value is -0.860. The maximum absolute atomic E-state index is 12.1. The van der Waals surface area contributed by atoms with Crippen LogP contribution in [0.15, 0.2) is 12.1 Å². The molecule has 76 valence electrons. The fourth-order valence-electron chi connectivity index (χ4n) is 0.776. The van der Waals surface area contributed by atoms with Gasteiger partial charge in [0.25, 0.3) is 5.91 Å². The SMILES string of the molecule is NC(=O)c1ccc(C(F)(F)F)nc1I. The van der Waals surface area contributed by atoms with Crippen molar-refractivity contribution in [1.29, 1.82) is 0 Å². The molecule has 0 radical (unpaired) electrons. The van der Waals surface area contributed by atoms with Crippen LogP contribution in [-0.4, -0.2) is 10.9 Å². The molecular weight excluding hydrogens is 312 g/mol. The van der Waals surface area contributed by atoms with Crippen molar-refractivity contribution < 1.29 is 18.0 Å². The van der Waals surface area contributed by atoms with Crippen LogP contribution in [0.4, 0.5) is 13.2 Å². The minimum absolute atomic E-state index is 0.0152. The fraction of sp³-hybridized carbons (Fsp3) is 0.143. The van der Waals surface area contributed by atoms with Crippen molar-refractivity contribution in [1.82, 2.24) is 4.98 Å². The van der Waals surface area contributed by atoms with Crippen molar-refractivity contribution in [2.45, 2.75) is 6.18 Å². The fourth-order valence-corrected chi connectivity index (χ4v) is 1.48. The van der Waals surface area contributed by atoms with Gasteiger partial charge in [0.2, 0.25) is 0 Å². The number of pyridine rings is 1. The molecular formula is C7H4F3IN2O. The van der Waals surface area contributed by atoms with Crippen molar-refractivity contribution in [2.75, 3.05) is 0 Å². The van der Waals surface area contributed by atoms with E-state index in [-0.39, 0.29) is 9.26 Å². The smallest absolute Gasteiger partial charge is 0.366 e. The Balaban J connectivity index is 3.20. The number of hydrogen-bond donors (Lipinski definition) is 1. The number of nitrogens with two attached hydrogens (primary N) is 1. The van der Waals surface area contributed by atoms with Crippen LogP contribution in [0.25, 0.3) is 0 Å². The number of hydrogen-bond acceptors (Lipinski definition) is 2. The molecule has 1 aromatic heterocycles. The molecule has 14 heavy (non-hydrogen) atoms. The first-order valence-corrected chi connectivity index (χ1v) is 4.44. The van der Waals surface area contributed by atoms with Crippen molar-refractivity contribution in [2.24, 2.45) is 5.73 Å². The largest absolute Gasteiger partial charge is 0.433 e. The molecule has 2 N–H and O–H groups in total. The molecule has 0 aliphatic carbocycles. The molecule has 0 aliphatic heterocycles. The van der Waals surface area contributed by atoms with Crippen LogP contribution >= 0.6 is 22.6 Å². The lowest BCUT2D eigenvalue weighted by molar-refractivity contribution is -0.141. The van der Waals surface area contributed by atoms with Gasteiger partial charge in [-0.15, -0.1) is 0 Å². The molecule has 0 atom stereocenters. The van der Waals surface area contributed by atoms with Gasteiger partial charge in [-0.3, -0.25) is 4.79 Å². The molecule has 1 rings (SSSR count). The second-order valence-electron chi connectivity index (χ2n) is 2.40. The lowest BCUT2D eigenvalue weighted by Gasteiger charge is -2.06. The van der Waals surface area contributed by atoms with E-state index in [0.29, 0.717) is 0 Å². The first kappa shape index (κ1) is 11.2. The van der Waals surface area contributed by atoms with Gasteiger partial charge in [0, 0.05) is 0 Å². The molecule has 0 fully saturated rings. The second kappa shape index (κ2) is 3.71. The summed E-state index contributed by atoms with van der Waals surface area (Å²) in [5.74, 6) is -0.796. The Morgan fingerprint density at radius 3 is 2.36 bits per heavy atom. The average Bonchev–Trinajstić information content (AvgIpc) is 2.01. The van der Waals surface area contributed by atoms with Gasteiger partial charge in [-0.1, -0.05) is 0 Å². The van der Waals surface area contributed by atoms with Gasteiger partial charge in [0.15, 0.2) is 0 Å². The summed E-state index contributed by atoms with van der Waals surface area (Å²) in [5, 5.41) is 0. The van der Waals surface area contributed by atoms with E-state index >= 15 is 0 Å². The van der Waals surface area contributed by atoms with Crippen molar-refractivity contribution in [3.63, 3.8) is 0 Å². The lowest BCUT2D eigenvalue weighted by atomic mass is 10.2. The summed E-state index contributed by atoms with van der Waals surface area (Å²) in [6.07, 6.45) is -4.50. The Bertz CT molecular complexity index is 378. The summed E-state index contributed by atoms with van der Waals surface area (Å²) >= 11 is 1.53. The monoisotopic (exact) mass is 316 g/mol. The third-order valence-corrected chi connectivity index (χ3v) is 2.23. The zero-order chi connectivity index (χ0) is 10.9. The van der Waals surface area contributed by atoms with Crippen LogP contribution in [0, 0.1) is 3.70 Å². The van der Waals surface area contributed by atoms with Crippen molar-refractivity contribution in [3.05, 3.63) is 27.1 Å². The standard InChI is InChI=1S/C7H4F3IN2O/c8-7(9,10)4-2-1-3(6(12)14)5(11)13-4/h1-2H,(H2,12,14). The first-order valence-electron chi connectivity index (χ1n) is 3.36. The Morgan fingerprint density at radius 2 is 2.00 bits per heavy atom. The molecule has 3 nitrogen and oxygen atoms in total. The third kappa shape index (κ3) is 2.34. The topological polar surface area (TPSA) is 56.0 Å². The highest BCUT2D eigenvalue weighted by Crippen LogP contribution is 2.28. The van der Waals surface area contributed by atoms with Crippen LogP contribution in [-0.2, 0) is 6.18 Å². The second-order valence-corrected chi connectivity index (χ2v) is 3.42. The van der Waals surface area contributed by atoms with E-state index in [9.17, 15) is 18.0 Å². The van der Waals surface area contributed by atoms with E-state index in [2.05, 4.69) is 4.98 Å². The van der Waals surface area contributed by atoms with Gasteiger partial charge in [-0.2, -0.15) is 13.2 Å². The van der Waals surface area contributed by atoms with E-state index in [1.807, 2.05) is 0 Å². The Kier molecular flexibility index (Phi) is 2.98. The Morgan fingerprint density at radius 1 is 1.43 bits per heavy atom. The number of halogens is 4. The molecule has 7 heteroatoms.